The summed E-state index contributed by atoms with van der Waals surface area (Å²) in [6, 6.07) is 3.84. The third-order valence-corrected chi connectivity index (χ3v) is 6.05. The van der Waals surface area contributed by atoms with Crippen LogP contribution in [0.15, 0.2) is 23.1 Å². The van der Waals surface area contributed by atoms with Crippen molar-refractivity contribution in [2.75, 3.05) is 18.9 Å². The van der Waals surface area contributed by atoms with E-state index < -0.39 is 15.7 Å². The molecule has 1 N–H and O–H groups in total. The minimum Gasteiger partial charge on any atom is -0.378 e. The molecule has 2 atom stereocenters. The zero-order valence-electron chi connectivity index (χ0n) is 11.8. The van der Waals surface area contributed by atoms with E-state index in [0.29, 0.717) is 18.1 Å². The number of hydrogen-bond acceptors (Lipinski definition) is 4. The largest absolute Gasteiger partial charge is 0.378 e. The van der Waals surface area contributed by atoms with Crippen LogP contribution >= 0.6 is 0 Å². The highest BCUT2D eigenvalue weighted by Crippen LogP contribution is 2.32. The topological polar surface area (TPSA) is 55.4 Å². The molecular weight excluding hydrogens is 293 g/mol. The Morgan fingerprint density at radius 2 is 2.19 bits per heavy atom. The Balaban J connectivity index is 1.70. The first-order valence-electron chi connectivity index (χ1n) is 7.43. The van der Waals surface area contributed by atoms with E-state index in [0.717, 1.165) is 32.4 Å². The molecule has 2 heterocycles. The molecule has 0 saturated carbocycles. The Labute approximate surface area is 124 Å². The van der Waals surface area contributed by atoms with Gasteiger partial charge in [-0.3, -0.25) is 0 Å². The third kappa shape index (κ3) is 3.27. The van der Waals surface area contributed by atoms with Crippen LogP contribution in [-0.2, 0) is 14.6 Å². The number of ether oxygens (including phenoxy) is 1. The number of nitrogens with one attached hydrogen (secondary N) is 1. The van der Waals surface area contributed by atoms with E-state index in [-0.39, 0.29) is 16.7 Å². The number of halogens is 1. The molecule has 116 valence electrons. The Hall–Kier alpha value is -0.980. The highest BCUT2D eigenvalue weighted by molar-refractivity contribution is 7.91. The summed E-state index contributed by atoms with van der Waals surface area (Å²) >= 11 is 0. The van der Waals surface area contributed by atoms with Crippen LogP contribution in [0.4, 0.5) is 4.39 Å². The zero-order chi connectivity index (χ0) is 14.9. The molecule has 0 bridgehead atoms. The molecule has 21 heavy (non-hydrogen) atoms. The molecule has 4 nitrogen and oxygen atoms in total. The quantitative estimate of drug-likeness (QED) is 0.866. The van der Waals surface area contributed by atoms with Crippen molar-refractivity contribution in [2.45, 2.75) is 42.7 Å². The maximum absolute atomic E-state index is 13.4. The van der Waals surface area contributed by atoms with Crippen molar-refractivity contribution in [3.63, 3.8) is 0 Å². The summed E-state index contributed by atoms with van der Waals surface area (Å²) < 4.78 is 43.1. The summed E-state index contributed by atoms with van der Waals surface area (Å²) in [6.45, 7) is 1.59. The van der Waals surface area contributed by atoms with Crippen molar-refractivity contribution in [1.29, 1.82) is 0 Å². The van der Waals surface area contributed by atoms with E-state index in [9.17, 15) is 12.8 Å². The molecule has 2 aliphatic rings. The average Bonchev–Trinajstić information content (AvgIpc) is 2.94. The van der Waals surface area contributed by atoms with E-state index in [4.69, 9.17) is 4.74 Å². The smallest absolute Gasteiger partial charge is 0.178 e. The van der Waals surface area contributed by atoms with Gasteiger partial charge in [-0.15, -0.1) is 0 Å². The summed E-state index contributed by atoms with van der Waals surface area (Å²) in [5.41, 5.74) is 0.564. The van der Waals surface area contributed by atoms with Crippen molar-refractivity contribution < 1.29 is 17.5 Å². The van der Waals surface area contributed by atoms with E-state index in [1.165, 1.54) is 18.2 Å². The number of sulfone groups is 1. The molecule has 1 aromatic rings. The molecule has 0 aliphatic carbocycles. The second-order valence-corrected chi connectivity index (χ2v) is 7.80. The van der Waals surface area contributed by atoms with Crippen molar-refractivity contribution in [1.82, 2.24) is 5.32 Å². The van der Waals surface area contributed by atoms with Gasteiger partial charge in [0.15, 0.2) is 9.84 Å². The van der Waals surface area contributed by atoms with Gasteiger partial charge in [-0.05, 0) is 56.0 Å². The van der Waals surface area contributed by atoms with Crippen molar-refractivity contribution in [3.05, 3.63) is 29.6 Å². The van der Waals surface area contributed by atoms with Crippen LogP contribution in [0.3, 0.4) is 0 Å². The summed E-state index contributed by atoms with van der Waals surface area (Å²) in [5.74, 6) is -0.278. The number of hydrogen-bond donors (Lipinski definition) is 1. The Morgan fingerprint density at radius 1 is 1.33 bits per heavy atom. The molecule has 1 aromatic carbocycles. The lowest BCUT2D eigenvalue weighted by atomic mass is 10.0. The normalized spacial score (nSPS) is 27.5. The van der Waals surface area contributed by atoms with Gasteiger partial charge in [-0.2, -0.15) is 0 Å². The van der Waals surface area contributed by atoms with E-state index in [2.05, 4.69) is 5.32 Å². The number of rotatable bonds is 4. The van der Waals surface area contributed by atoms with Gasteiger partial charge in [0.1, 0.15) is 5.82 Å². The average molecular weight is 313 g/mol. The van der Waals surface area contributed by atoms with Crippen LogP contribution in [0.5, 0.6) is 0 Å². The second-order valence-electron chi connectivity index (χ2n) is 5.72. The molecule has 2 unspecified atom stereocenters. The molecule has 2 aliphatic heterocycles. The maximum atomic E-state index is 13.4. The van der Waals surface area contributed by atoms with Gasteiger partial charge in [0.05, 0.1) is 16.8 Å². The van der Waals surface area contributed by atoms with Crippen molar-refractivity contribution in [3.8, 4) is 0 Å². The van der Waals surface area contributed by atoms with E-state index in [1.807, 2.05) is 0 Å². The van der Waals surface area contributed by atoms with Gasteiger partial charge in [0, 0.05) is 12.6 Å². The zero-order valence-corrected chi connectivity index (χ0v) is 12.7. The van der Waals surface area contributed by atoms with E-state index >= 15 is 0 Å². The lowest BCUT2D eigenvalue weighted by Gasteiger charge is -2.27. The number of fused-ring (bicyclic) bond motifs is 1. The first-order valence-corrected chi connectivity index (χ1v) is 9.09. The van der Waals surface area contributed by atoms with Crippen LogP contribution in [0.1, 0.15) is 37.3 Å². The first-order chi connectivity index (χ1) is 10.1. The summed E-state index contributed by atoms with van der Waals surface area (Å²) in [6.07, 6.45) is 3.90. The molecule has 3 rings (SSSR count). The molecule has 6 heteroatoms. The minimum absolute atomic E-state index is 0.0966. The predicted molar refractivity (Wildman–Crippen MR) is 77.4 cm³/mol. The molecule has 1 saturated heterocycles. The Kier molecular flexibility index (Phi) is 4.28. The Bertz CT molecular complexity index is 611. The molecule has 0 spiro atoms. The fraction of sp³-hybridized carbons (Fsp3) is 0.600. The van der Waals surface area contributed by atoms with Crippen LogP contribution in [0.25, 0.3) is 0 Å². The predicted octanol–water partition coefficient (Wildman–Crippen LogP) is 2.20. The Morgan fingerprint density at radius 3 is 2.95 bits per heavy atom. The standard InChI is InChI=1S/C15H20FNO3S/c16-11-3-4-15-13(10-11)14(6-9-21(15,18)19)17-7-5-12-2-1-8-20-12/h3-4,10,12,14,17H,1-2,5-9H2. The third-order valence-electron chi connectivity index (χ3n) is 4.24. The van der Waals surface area contributed by atoms with Gasteiger partial charge in [0.25, 0.3) is 0 Å². The fourth-order valence-electron chi connectivity index (χ4n) is 3.12. The molecule has 0 aromatic heterocycles. The SMILES string of the molecule is O=S1(=O)CCC(NCCC2CCCO2)c2cc(F)ccc21. The minimum atomic E-state index is -3.26. The van der Waals surface area contributed by atoms with E-state index in [1.54, 1.807) is 0 Å². The second kappa shape index (κ2) is 6.02. The van der Waals surface area contributed by atoms with Crippen LogP contribution in [0, 0.1) is 5.82 Å². The van der Waals surface area contributed by atoms with Gasteiger partial charge < -0.3 is 10.1 Å². The molecule has 0 radical (unpaired) electrons. The molecule has 1 fully saturated rings. The molecular formula is C15H20FNO3S. The highest BCUT2D eigenvalue weighted by Gasteiger charge is 2.30. The lowest BCUT2D eigenvalue weighted by Crippen LogP contribution is -2.31. The van der Waals surface area contributed by atoms with Crippen LogP contribution in [0.2, 0.25) is 0 Å². The van der Waals surface area contributed by atoms with Gasteiger partial charge in [-0.1, -0.05) is 0 Å². The highest BCUT2D eigenvalue weighted by atomic mass is 32.2. The van der Waals surface area contributed by atoms with Gasteiger partial charge >= 0.3 is 0 Å². The van der Waals surface area contributed by atoms with Crippen molar-refractivity contribution in [2.24, 2.45) is 0 Å². The van der Waals surface area contributed by atoms with Gasteiger partial charge in [-0.25, -0.2) is 12.8 Å². The molecule has 0 amide bonds. The first kappa shape index (κ1) is 14.9. The number of benzene rings is 1. The van der Waals surface area contributed by atoms with Gasteiger partial charge in [0.2, 0.25) is 0 Å². The van der Waals surface area contributed by atoms with Crippen molar-refractivity contribution >= 4 is 9.84 Å². The summed E-state index contributed by atoms with van der Waals surface area (Å²) in [7, 11) is -3.26. The lowest BCUT2D eigenvalue weighted by molar-refractivity contribution is 0.103. The summed E-state index contributed by atoms with van der Waals surface area (Å²) in [5, 5.41) is 3.36. The maximum Gasteiger partial charge on any atom is 0.178 e. The monoisotopic (exact) mass is 313 g/mol. The fourth-order valence-corrected chi connectivity index (χ4v) is 4.72. The van der Waals surface area contributed by atoms with Crippen LogP contribution < -0.4 is 5.32 Å². The van der Waals surface area contributed by atoms with Crippen LogP contribution in [-0.4, -0.2) is 33.4 Å². The summed E-state index contributed by atoms with van der Waals surface area (Å²) in [4.78, 5) is 0.268.